The van der Waals surface area contributed by atoms with Crippen molar-refractivity contribution in [3.8, 4) is 0 Å². The van der Waals surface area contributed by atoms with Crippen LogP contribution in [0, 0.1) is 5.82 Å². The topological polar surface area (TPSA) is 142 Å². The Kier molecular flexibility index (Phi) is 7.24. The minimum atomic E-state index is -0.632. The second kappa shape index (κ2) is 10.3. The highest BCUT2D eigenvalue weighted by molar-refractivity contribution is 5.91. The Morgan fingerprint density at radius 3 is 1.73 bits per heavy atom. The predicted molar refractivity (Wildman–Crippen MR) is 127 cm³/mol. The van der Waals surface area contributed by atoms with Gasteiger partial charge in [0.1, 0.15) is 0 Å². The normalized spacial score (nSPS) is 10.4. The van der Waals surface area contributed by atoms with Gasteiger partial charge in [-0.05, 0) is 62.4 Å². The molecule has 0 saturated carbocycles. The number of primary amides is 2. The van der Waals surface area contributed by atoms with Gasteiger partial charge in [0.15, 0.2) is 11.6 Å². The molecule has 0 aliphatic heterocycles. The number of anilines is 6. The SMILES string of the molecule is CCN(C(N)=O)c1ccc(Nc2ncc(F)c(Nc3ccc(N(CC)C(N)=O)cc3)n2)cc1. The third kappa shape index (κ3) is 5.64. The molecule has 3 rings (SSSR count). The van der Waals surface area contributed by atoms with E-state index in [1.807, 2.05) is 13.8 Å². The van der Waals surface area contributed by atoms with E-state index in [4.69, 9.17) is 11.5 Å². The number of hydrogen-bond acceptors (Lipinski definition) is 6. The number of urea groups is 2. The smallest absolute Gasteiger partial charge is 0.319 e. The number of amides is 4. The third-order valence-electron chi connectivity index (χ3n) is 4.79. The summed E-state index contributed by atoms with van der Waals surface area (Å²) in [6, 6.07) is 12.6. The van der Waals surface area contributed by atoms with E-state index in [2.05, 4.69) is 20.6 Å². The van der Waals surface area contributed by atoms with Crippen LogP contribution in [0.15, 0.2) is 54.7 Å². The number of nitrogens with two attached hydrogens (primary N) is 2. The van der Waals surface area contributed by atoms with Crippen LogP contribution in [0.4, 0.5) is 48.5 Å². The van der Waals surface area contributed by atoms with Gasteiger partial charge in [-0.1, -0.05) is 0 Å². The minimum Gasteiger partial charge on any atom is -0.351 e. The van der Waals surface area contributed by atoms with Gasteiger partial charge in [0, 0.05) is 35.8 Å². The average Bonchev–Trinajstić information content (AvgIpc) is 2.79. The molecule has 3 aromatic rings. The molecule has 0 fully saturated rings. The van der Waals surface area contributed by atoms with Crippen LogP contribution in [-0.4, -0.2) is 35.1 Å². The number of nitrogens with zero attached hydrogens (tertiary/aromatic N) is 4. The van der Waals surface area contributed by atoms with Crippen LogP contribution in [0.3, 0.4) is 0 Å². The zero-order valence-corrected chi connectivity index (χ0v) is 18.2. The molecule has 0 bridgehead atoms. The lowest BCUT2D eigenvalue weighted by molar-refractivity contribution is 0.253. The lowest BCUT2D eigenvalue weighted by atomic mass is 10.2. The highest BCUT2D eigenvalue weighted by Crippen LogP contribution is 2.24. The van der Waals surface area contributed by atoms with Crippen LogP contribution in [0.2, 0.25) is 0 Å². The number of benzene rings is 2. The monoisotopic (exact) mass is 452 g/mol. The van der Waals surface area contributed by atoms with Gasteiger partial charge in [0.25, 0.3) is 0 Å². The number of carbonyl (C=O) groups is 2. The fourth-order valence-corrected chi connectivity index (χ4v) is 3.16. The van der Waals surface area contributed by atoms with E-state index in [1.165, 1.54) is 9.80 Å². The second-order valence-corrected chi connectivity index (χ2v) is 6.90. The van der Waals surface area contributed by atoms with Crippen molar-refractivity contribution >= 4 is 46.6 Å². The summed E-state index contributed by atoms with van der Waals surface area (Å²) in [5.41, 5.74) is 13.2. The van der Waals surface area contributed by atoms with Gasteiger partial charge in [-0.3, -0.25) is 9.80 Å². The molecule has 0 atom stereocenters. The highest BCUT2D eigenvalue weighted by atomic mass is 19.1. The summed E-state index contributed by atoms with van der Waals surface area (Å²) in [4.78, 5) is 33.9. The lowest BCUT2D eigenvalue weighted by Crippen LogP contribution is -2.35. The Bertz CT molecular complexity index is 1120. The molecule has 4 amide bonds. The summed E-state index contributed by atoms with van der Waals surface area (Å²) in [6.45, 7) is 4.51. The van der Waals surface area contributed by atoms with Crippen molar-refractivity contribution in [3.63, 3.8) is 0 Å². The van der Waals surface area contributed by atoms with Crippen LogP contribution in [0.5, 0.6) is 0 Å². The van der Waals surface area contributed by atoms with Crippen LogP contribution in [0.1, 0.15) is 13.8 Å². The van der Waals surface area contributed by atoms with Crippen molar-refractivity contribution in [1.29, 1.82) is 0 Å². The fourth-order valence-electron chi connectivity index (χ4n) is 3.16. The molecule has 10 nitrogen and oxygen atoms in total. The maximum absolute atomic E-state index is 14.3. The van der Waals surface area contributed by atoms with Gasteiger partial charge < -0.3 is 22.1 Å². The first-order valence-corrected chi connectivity index (χ1v) is 10.2. The van der Waals surface area contributed by atoms with Crippen LogP contribution in [-0.2, 0) is 0 Å². The van der Waals surface area contributed by atoms with Crippen LogP contribution < -0.4 is 31.9 Å². The largest absolute Gasteiger partial charge is 0.351 e. The Labute approximate surface area is 190 Å². The molecule has 0 radical (unpaired) electrons. The Morgan fingerprint density at radius 2 is 1.30 bits per heavy atom. The van der Waals surface area contributed by atoms with E-state index in [1.54, 1.807) is 48.5 Å². The Morgan fingerprint density at radius 1 is 0.848 bits per heavy atom. The van der Waals surface area contributed by atoms with Gasteiger partial charge in [-0.15, -0.1) is 0 Å². The standard InChI is InChI=1S/C22H25FN8O2/c1-3-30(20(24)32)16-9-5-14(6-10-16)27-19-18(23)13-26-22(29-19)28-15-7-11-17(12-8-15)31(4-2)21(25)33/h5-13H,3-4H2,1-2H3,(H2,24,32)(H2,25,33)(H2,26,27,28,29). The van der Waals surface area contributed by atoms with Crippen molar-refractivity contribution in [3.05, 3.63) is 60.5 Å². The summed E-state index contributed by atoms with van der Waals surface area (Å²) in [6.07, 6.45) is 1.05. The van der Waals surface area contributed by atoms with Crippen LogP contribution in [0.25, 0.3) is 0 Å². The first-order chi connectivity index (χ1) is 15.8. The number of carbonyl (C=O) groups excluding carboxylic acids is 2. The molecule has 11 heteroatoms. The molecular weight excluding hydrogens is 427 g/mol. The van der Waals surface area contributed by atoms with E-state index < -0.39 is 17.9 Å². The summed E-state index contributed by atoms with van der Waals surface area (Å²) >= 11 is 0. The molecular formula is C22H25FN8O2. The quantitative estimate of drug-likeness (QED) is 0.408. The molecule has 172 valence electrons. The number of nitrogens with one attached hydrogen (secondary N) is 2. The molecule has 0 unspecified atom stereocenters. The molecule has 33 heavy (non-hydrogen) atoms. The van der Waals surface area contributed by atoms with Crippen molar-refractivity contribution in [1.82, 2.24) is 9.97 Å². The third-order valence-corrected chi connectivity index (χ3v) is 4.79. The summed E-state index contributed by atoms with van der Waals surface area (Å²) in [5.74, 6) is -0.478. The number of hydrogen-bond donors (Lipinski definition) is 4. The Hall–Kier alpha value is -4.41. The minimum absolute atomic E-state index is 0.0231. The van der Waals surface area contributed by atoms with E-state index in [0.29, 0.717) is 35.8 Å². The van der Waals surface area contributed by atoms with Crippen molar-refractivity contribution in [2.24, 2.45) is 11.5 Å². The first-order valence-electron chi connectivity index (χ1n) is 10.2. The summed E-state index contributed by atoms with van der Waals surface area (Å²) in [5, 5.41) is 5.89. The summed E-state index contributed by atoms with van der Waals surface area (Å²) in [7, 11) is 0. The van der Waals surface area contributed by atoms with Gasteiger partial charge in [0.2, 0.25) is 5.95 Å². The van der Waals surface area contributed by atoms with Gasteiger partial charge in [-0.2, -0.15) is 4.98 Å². The van der Waals surface area contributed by atoms with Crippen LogP contribution >= 0.6 is 0 Å². The average molecular weight is 452 g/mol. The Balaban J connectivity index is 1.73. The predicted octanol–water partition coefficient (Wildman–Crippen LogP) is 3.91. The van der Waals surface area contributed by atoms with Gasteiger partial charge >= 0.3 is 12.1 Å². The molecule has 0 aliphatic rings. The van der Waals surface area contributed by atoms with Gasteiger partial charge in [0.05, 0.1) is 6.20 Å². The lowest BCUT2D eigenvalue weighted by Gasteiger charge is -2.19. The summed E-state index contributed by atoms with van der Waals surface area (Å²) < 4.78 is 14.3. The molecule has 0 aliphatic carbocycles. The van der Waals surface area contributed by atoms with E-state index in [0.717, 1.165) is 6.20 Å². The van der Waals surface area contributed by atoms with E-state index in [9.17, 15) is 14.0 Å². The number of aromatic nitrogens is 2. The maximum atomic E-state index is 14.3. The number of halogens is 1. The zero-order chi connectivity index (χ0) is 24.0. The molecule has 0 spiro atoms. The fraction of sp³-hybridized carbons (Fsp3) is 0.182. The van der Waals surface area contributed by atoms with Crippen molar-refractivity contribution in [2.75, 3.05) is 33.5 Å². The van der Waals surface area contributed by atoms with Gasteiger partial charge in [-0.25, -0.2) is 19.0 Å². The zero-order valence-electron chi connectivity index (χ0n) is 18.2. The maximum Gasteiger partial charge on any atom is 0.319 e. The molecule has 6 N–H and O–H groups in total. The molecule has 1 aromatic heterocycles. The van der Waals surface area contributed by atoms with Crippen molar-refractivity contribution < 1.29 is 14.0 Å². The molecule has 2 aromatic carbocycles. The molecule has 1 heterocycles. The first kappa shape index (κ1) is 23.3. The highest BCUT2D eigenvalue weighted by Gasteiger charge is 2.12. The van der Waals surface area contributed by atoms with E-state index in [-0.39, 0.29) is 11.8 Å². The second-order valence-electron chi connectivity index (χ2n) is 6.90. The van der Waals surface area contributed by atoms with Crippen molar-refractivity contribution in [2.45, 2.75) is 13.8 Å². The molecule has 0 saturated heterocycles. The number of rotatable bonds is 8. The van der Waals surface area contributed by atoms with E-state index >= 15 is 0 Å².